The zero-order valence-corrected chi connectivity index (χ0v) is 25.2. The molecule has 0 spiro atoms. The maximum atomic E-state index is 13.8. The molecule has 1 aliphatic heterocycles. The van der Waals surface area contributed by atoms with Gasteiger partial charge in [0.1, 0.15) is 5.75 Å². The van der Waals surface area contributed by atoms with Crippen molar-refractivity contribution in [2.24, 2.45) is 0 Å². The Morgan fingerprint density at radius 3 is 1.91 bits per heavy atom. The van der Waals surface area contributed by atoms with E-state index in [1.54, 1.807) is 44.4 Å². The molecule has 3 amide bonds. The van der Waals surface area contributed by atoms with Gasteiger partial charge in [0.2, 0.25) is 0 Å². The molecule has 2 heterocycles. The number of amides is 3. The van der Waals surface area contributed by atoms with Gasteiger partial charge < -0.3 is 24.4 Å². The Labute approximate surface area is 264 Å². The smallest absolute Gasteiger partial charge is 0.416 e. The minimum atomic E-state index is -5.05. The van der Waals surface area contributed by atoms with Gasteiger partial charge in [-0.1, -0.05) is 23.7 Å². The Bertz CT molecular complexity index is 1730. The number of nitrogens with one attached hydrogen (secondary N) is 1. The molecule has 0 aliphatic carbocycles. The van der Waals surface area contributed by atoms with Crippen molar-refractivity contribution in [3.63, 3.8) is 0 Å². The van der Waals surface area contributed by atoms with E-state index in [-0.39, 0.29) is 38.2 Å². The summed E-state index contributed by atoms with van der Waals surface area (Å²) in [6.45, 7) is 1.95. The summed E-state index contributed by atoms with van der Waals surface area (Å²) in [4.78, 5) is 29.4. The number of carbonyl (C=O) groups is 2. The first-order valence-electron chi connectivity index (χ1n) is 13.9. The van der Waals surface area contributed by atoms with Gasteiger partial charge in [0.15, 0.2) is 0 Å². The van der Waals surface area contributed by atoms with Crippen LogP contribution in [0.2, 0.25) is 5.02 Å². The maximum Gasteiger partial charge on any atom is 0.416 e. The van der Waals surface area contributed by atoms with E-state index in [1.807, 2.05) is 28.8 Å². The number of nitrogens with zero attached hydrogens (tertiary/aromatic N) is 3. The molecule has 14 heteroatoms. The number of urea groups is 1. The second-order valence-corrected chi connectivity index (χ2v) is 11.0. The first kappa shape index (κ1) is 32.7. The number of ether oxygens (including phenoxy) is 1. The molecule has 1 aromatic heterocycles. The lowest BCUT2D eigenvalue weighted by atomic mass is 10.1. The van der Waals surface area contributed by atoms with E-state index < -0.39 is 35.2 Å². The van der Waals surface area contributed by atoms with E-state index in [2.05, 4.69) is 5.32 Å². The van der Waals surface area contributed by atoms with E-state index >= 15 is 0 Å². The topological polar surface area (TPSA) is 66.8 Å². The van der Waals surface area contributed by atoms with Crippen LogP contribution in [0.1, 0.15) is 27.2 Å². The lowest BCUT2D eigenvalue weighted by Gasteiger charge is -2.34. The Hall–Kier alpha value is -4.65. The third kappa shape index (κ3) is 6.79. The highest BCUT2D eigenvalue weighted by Gasteiger charge is 2.37. The average molecular weight is 665 g/mol. The summed E-state index contributed by atoms with van der Waals surface area (Å²) in [5.74, 6) is 0.342. The van der Waals surface area contributed by atoms with E-state index in [0.717, 1.165) is 5.56 Å². The number of piperazine rings is 1. The fourth-order valence-electron chi connectivity index (χ4n) is 5.25. The first-order chi connectivity index (χ1) is 21.7. The van der Waals surface area contributed by atoms with E-state index in [9.17, 15) is 35.9 Å². The third-order valence-corrected chi connectivity index (χ3v) is 7.97. The summed E-state index contributed by atoms with van der Waals surface area (Å²) in [6.07, 6.45) is -10.1. The van der Waals surface area contributed by atoms with Crippen LogP contribution in [0.3, 0.4) is 0 Å². The zero-order chi connectivity index (χ0) is 33.4. The molecule has 242 valence electrons. The van der Waals surface area contributed by atoms with Crippen LogP contribution in [0.5, 0.6) is 5.75 Å². The minimum absolute atomic E-state index is 0.00172. The molecule has 0 saturated carbocycles. The van der Waals surface area contributed by atoms with Gasteiger partial charge in [-0.2, -0.15) is 26.3 Å². The van der Waals surface area contributed by atoms with Gasteiger partial charge >= 0.3 is 18.4 Å². The van der Waals surface area contributed by atoms with Crippen molar-refractivity contribution in [3.05, 3.63) is 100 Å². The summed E-state index contributed by atoms with van der Waals surface area (Å²) in [5.41, 5.74) is -0.546. The van der Waals surface area contributed by atoms with Crippen LogP contribution in [0.4, 0.5) is 36.8 Å². The summed E-state index contributed by atoms with van der Waals surface area (Å²) >= 11 is 6.55. The lowest BCUT2D eigenvalue weighted by molar-refractivity contribution is -0.143. The quantitative estimate of drug-likeness (QED) is 0.219. The predicted molar refractivity (Wildman–Crippen MR) is 160 cm³/mol. The van der Waals surface area contributed by atoms with Crippen molar-refractivity contribution < 1.29 is 40.7 Å². The molecule has 0 unspecified atom stereocenters. The number of hydrogen-bond donors (Lipinski definition) is 1. The highest BCUT2D eigenvalue weighted by Crippen LogP contribution is 2.38. The molecule has 0 atom stereocenters. The van der Waals surface area contributed by atoms with Crippen LogP contribution in [0, 0.1) is 6.92 Å². The highest BCUT2D eigenvalue weighted by atomic mass is 35.5. The number of halogens is 7. The van der Waals surface area contributed by atoms with Gasteiger partial charge in [-0.15, -0.1) is 0 Å². The molecule has 7 nitrogen and oxygen atoms in total. The number of anilines is 1. The molecule has 1 saturated heterocycles. The van der Waals surface area contributed by atoms with Crippen LogP contribution >= 0.6 is 11.6 Å². The predicted octanol–water partition coefficient (Wildman–Crippen LogP) is 8.14. The summed E-state index contributed by atoms with van der Waals surface area (Å²) in [6, 6.07) is 16.2. The SMILES string of the molecule is COc1ccc(-c2cc(C(=O)N3CCN(C(=O)Nc4cc(C(F)(F)F)cc(C(F)(F)F)c4)CC3)c(C)n2-c2ccccc2Cl)cc1. The normalized spacial score (nSPS) is 13.9. The Balaban J connectivity index is 1.35. The monoisotopic (exact) mass is 664 g/mol. The van der Waals surface area contributed by atoms with Crippen molar-refractivity contribution in [2.45, 2.75) is 19.3 Å². The number of carbonyl (C=O) groups excluding carboxylic acids is 2. The Morgan fingerprint density at radius 1 is 0.804 bits per heavy atom. The fraction of sp³-hybridized carbons (Fsp3) is 0.250. The molecular weight excluding hydrogens is 638 g/mol. The highest BCUT2D eigenvalue weighted by molar-refractivity contribution is 6.32. The number of methoxy groups -OCH3 is 1. The van der Waals surface area contributed by atoms with Crippen molar-refractivity contribution in [2.75, 3.05) is 38.6 Å². The number of aromatic nitrogens is 1. The fourth-order valence-corrected chi connectivity index (χ4v) is 5.47. The van der Waals surface area contributed by atoms with E-state index in [4.69, 9.17) is 16.3 Å². The molecule has 3 aromatic carbocycles. The maximum absolute atomic E-state index is 13.8. The molecule has 0 bridgehead atoms. The lowest BCUT2D eigenvalue weighted by Crippen LogP contribution is -2.51. The van der Waals surface area contributed by atoms with Gasteiger partial charge in [0.25, 0.3) is 5.91 Å². The second kappa shape index (κ2) is 12.6. The Kier molecular flexibility index (Phi) is 8.98. The number of para-hydroxylation sites is 1. The number of benzene rings is 3. The van der Waals surface area contributed by atoms with Gasteiger partial charge in [-0.25, -0.2) is 4.79 Å². The third-order valence-electron chi connectivity index (χ3n) is 7.65. The molecular formula is C32H27ClF6N4O3. The van der Waals surface area contributed by atoms with Gasteiger partial charge in [-0.3, -0.25) is 4.79 Å². The minimum Gasteiger partial charge on any atom is -0.497 e. The Morgan fingerprint density at radius 2 is 1.37 bits per heavy atom. The van der Waals surface area contributed by atoms with Gasteiger partial charge in [0.05, 0.1) is 40.2 Å². The zero-order valence-electron chi connectivity index (χ0n) is 24.5. The van der Waals surface area contributed by atoms with Crippen molar-refractivity contribution in [1.82, 2.24) is 14.4 Å². The molecule has 1 aliphatic rings. The van der Waals surface area contributed by atoms with Gasteiger partial charge in [0, 0.05) is 37.6 Å². The largest absolute Gasteiger partial charge is 0.497 e. The van der Waals surface area contributed by atoms with Crippen molar-refractivity contribution in [1.29, 1.82) is 0 Å². The molecule has 1 N–H and O–H groups in total. The van der Waals surface area contributed by atoms with Crippen molar-refractivity contribution in [3.8, 4) is 22.7 Å². The molecule has 4 aromatic rings. The van der Waals surface area contributed by atoms with E-state index in [0.29, 0.717) is 45.5 Å². The summed E-state index contributed by atoms with van der Waals surface area (Å²) in [7, 11) is 1.56. The number of alkyl halides is 6. The van der Waals surface area contributed by atoms with Crippen LogP contribution in [-0.4, -0.2) is 59.6 Å². The number of hydrogen-bond acceptors (Lipinski definition) is 3. The van der Waals surface area contributed by atoms with Crippen LogP contribution < -0.4 is 10.1 Å². The molecule has 46 heavy (non-hydrogen) atoms. The second-order valence-electron chi connectivity index (χ2n) is 10.5. The van der Waals surface area contributed by atoms with E-state index in [1.165, 1.54) is 9.80 Å². The summed E-state index contributed by atoms with van der Waals surface area (Å²) < 4.78 is 86.6. The van der Waals surface area contributed by atoms with Crippen LogP contribution in [-0.2, 0) is 12.4 Å². The average Bonchev–Trinajstić information content (AvgIpc) is 3.36. The first-order valence-corrected chi connectivity index (χ1v) is 14.3. The molecule has 1 fully saturated rings. The van der Waals surface area contributed by atoms with Crippen molar-refractivity contribution >= 4 is 29.2 Å². The summed E-state index contributed by atoms with van der Waals surface area (Å²) in [5, 5.41) is 2.61. The molecule has 5 rings (SSSR count). The van der Waals surface area contributed by atoms with Crippen LogP contribution in [0.15, 0.2) is 72.8 Å². The van der Waals surface area contributed by atoms with Crippen LogP contribution in [0.25, 0.3) is 16.9 Å². The molecule has 0 radical (unpaired) electrons. The van der Waals surface area contributed by atoms with Gasteiger partial charge in [-0.05, 0) is 73.2 Å². The number of rotatable bonds is 5. The standard InChI is InChI=1S/C32H27ClF6N4O3/c1-19-25(18-28(20-7-9-24(46-2)10-8-20)43(19)27-6-4-3-5-26(27)33)29(44)41-11-13-42(14-12-41)30(45)40-23-16-21(31(34,35)36)15-22(17-23)32(37,38)39/h3-10,15-18H,11-14H2,1-2H3,(H,40,45).